The normalized spacial score (nSPS) is 12.8. The number of nitrogens with zero attached hydrogens (tertiary/aromatic N) is 2. The van der Waals surface area contributed by atoms with Gasteiger partial charge >= 0.3 is 5.97 Å². The van der Waals surface area contributed by atoms with E-state index in [1.807, 2.05) is 23.6 Å². The van der Waals surface area contributed by atoms with Crippen molar-refractivity contribution in [3.8, 4) is 10.6 Å². The highest BCUT2D eigenvalue weighted by Gasteiger charge is 2.18. The zero-order valence-electron chi connectivity index (χ0n) is 10.2. The minimum absolute atomic E-state index is 0.447. The Morgan fingerprint density at radius 2 is 2.44 bits per heavy atom. The fraction of sp³-hybridized carbons (Fsp3) is 0.333. The van der Waals surface area contributed by atoms with Gasteiger partial charge in [0.05, 0.1) is 10.6 Å². The first-order valence-corrected chi connectivity index (χ1v) is 6.38. The molecule has 0 spiro atoms. The van der Waals surface area contributed by atoms with Crippen molar-refractivity contribution in [2.75, 3.05) is 7.05 Å². The van der Waals surface area contributed by atoms with Crippen LogP contribution in [0.15, 0.2) is 28.1 Å². The Kier molecular flexibility index (Phi) is 3.78. The van der Waals surface area contributed by atoms with Crippen molar-refractivity contribution in [3.05, 3.63) is 29.3 Å². The second-order valence-electron chi connectivity index (χ2n) is 4.09. The molecule has 2 aromatic rings. The summed E-state index contributed by atoms with van der Waals surface area (Å²) < 4.78 is 5.24. The van der Waals surface area contributed by atoms with Crippen LogP contribution >= 0.6 is 11.3 Å². The third kappa shape index (κ3) is 2.77. The molecular formula is C12H14N2O3S. The fourth-order valence-electron chi connectivity index (χ4n) is 1.50. The van der Waals surface area contributed by atoms with Crippen LogP contribution in [-0.2, 0) is 11.3 Å². The van der Waals surface area contributed by atoms with E-state index in [-0.39, 0.29) is 0 Å². The second-order valence-corrected chi connectivity index (χ2v) is 5.04. The molecule has 0 aliphatic rings. The maximum atomic E-state index is 10.8. The maximum absolute atomic E-state index is 10.8. The van der Waals surface area contributed by atoms with Crippen LogP contribution in [0, 0.1) is 0 Å². The average Bonchev–Trinajstić information content (AvgIpc) is 2.96. The topological polar surface area (TPSA) is 66.6 Å². The molecule has 2 aromatic heterocycles. The molecule has 18 heavy (non-hydrogen) atoms. The molecule has 0 saturated heterocycles. The molecule has 0 aliphatic heterocycles. The van der Waals surface area contributed by atoms with Crippen LogP contribution < -0.4 is 0 Å². The van der Waals surface area contributed by atoms with Crippen molar-refractivity contribution < 1.29 is 14.4 Å². The lowest BCUT2D eigenvalue weighted by atomic mass is 10.2. The average molecular weight is 266 g/mol. The number of thiophene rings is 1. The van der Waals surface area contributed by atoms with Crippen molar-refractivity contribution in [1.29, 1.82) is 0 Å². The largest absolute Gasteiger partial charge is 0.480 e. The third-order valence-electron chi connectivity index (χ3n) is 2.75. The van der Waals surface area contributed by atoms with E-state index < -0.39 is 12.0 Å². The van der Waals surface area contributed by atoms with Crippen LogP contribution in [-0.4, -0.2) is 34.2 Å². The molecule has 0 amide bonds. The molecule has 6 heteroatoms. The summed E-state index contributed by atoms with van der Waals surface area (Å²) in [6.45, 7) is 2.09. The van der Waals surface area contributed by atoms with Crippen LogP contribution in [0.3, 0.4) is 0 Å². The van der Waals surface area contributed by atoms with Gasteiger partial charge in [-0.15, -0.1) is 11.3 Å². The maximum Gasteiger partial charge on any atom is 0.320 e. The number of likely N-dealkylation sites (N-methyl/N-ethyl adjacent to an activating group) is 1. The number of hydrogen-bond acceptors (Lipinski definition) is 5. The third-order valence-corrected chi connectivity index (χ3v) is 3.64. The number of carboxylic acids is 1. The van der Waals surface area contributed by atoms with Crippen LogP contribution in [0.4, 0.5) is 0 Å². The van der Waals surface area contributed by atoms with Gasteiger partial charge in [0.2, 0.25) is 0 Å². The lowest BCUT2D eigenvalue weighted by Gasteiger charge is -2.19. The predicted octanol–water partition coefficient (Wildman–Crippen LogP) is 2.31. The summed E-state index contributed by atoms with van der Waals surface area (Å²) in [6.07, 6.45) is 0. The highest BCUT2D eigenvalue weighted by Crippen LogP contribution is 2.25. The van der Waals surface area contributed by atoms with Crippen molar-refractivity contribution in [2.45, 2.75) is 19.5 Å². The molecular weight excluding hydrogens is 252 g/mol. The standard InChI is InChI=1S/C12H14N2O3S/c1-8(12(15)16)14(2)7-9-6-10(17-13-9)11-4-3-5-18-11/h3-6,8H,7H2,1-2H3,(H,15,16). The monoisotopic (exact) mass is 266 g/mol. The minimum Gasteiger partial charge on any atom is -0.480 e. The van der Waals surface area contributed by atoms with E-state index in [4.69, 9.17) is 9.63 Å². The lowest BCUT2D eigenvalue weighted by Crippen LogP contribution is -2.35. The van der Waals surface area contributed by atoms with Crippen LogP contribution in [0.2, 0.25) is 0 Å². The van der Waals surface area contributed by atoms with Crippen LogP contribution in [0.25, 0.3) is 10.6 Å². The molecule has 0 aliphatic carbocycles. The highest BCUT2D eigenvalue weighted by molar-refractivity contribution is 7.13. The Bertz CT molecular complexity index is 521. The first-order chi connectivity index (χ1) is 8.58. The highest BCUT2D eigenvalue weighted by atomic mass is 32.1. The Morgan fingerprint density at radius 1 is 1.67 bits per heavy atom. The van der Waals surface area contributed by atoms with Crippen molar-refractivity contribution in [3.63, 3.8) is 0 Å². The van der Waals surface area contributed by atoms with E-state index in [0.29, 0.717) is 6.54 Å². The fourth-order valence-corrected chi connectivity index (χ4v) is 2.18. The molecule has 5 nitrogen and oxygen atoms in total. The van der Waals surface area contributed by atoms with Gasteiger partial charge in [-0.1, -0.05) is 11.2 Å². The first-order valence-electron chi connectivity index (χ1n) is 5.50. The van der Waals surface area contributed by atoms with Gasteiger partial charge in [-0.3, -0.25) is 9.69 Å². The molecule has 0 radical (unpaired) electrons. The summed E-state index contributed by atoms with van der Waals surface area (Å²) in [7, 11) is 1.75. The molecule has 2 rings (SSSR count). The molecule has 96 valence electrons. The minimum atomic E-state index is -0.848. The SMILES string of the molecule is CC(C(=O)O)N(C)Cc1cc(-c2cccs2)on1. The van der Waals surface area contributed by atoms with Gasteiger partial charge in [-0.05, 0) is 25.4 Å². The van der Waals surface area contributed by atoms with E-state index in [1.165, 1.54) is 0 Å². The zero-order valence-corrected chi connectivity index (χ0v) is 11.0. The number of hydrogen-bond donors (Lipinski definition) is 1. The molecule has 0 saturated carbocycles. The number of aliphatic carboxylic acids is 1. The van der Waals surface area contributed by atoms with Gasteiger partial charge in [-0.25, -0.2) is 0 Å². The molecule has 0 fully saturated rings. The van der Waals surface area contributed by atoms with Gasteiger partial charge in [0.25, 0.3) is 0 Å². The van der Waals surface area contributed by atoms with E-state index >= 15 is 0 Å². The van der Waals surface area contributed by atoms with Gasteiger partial charge in [0.15, 0.2) is 5.76 Å². The van der Waals surface area contributed by atoms with E-state index in [1.54, 1.807) is 30.2 Å². The Hall–Kier alpha value is -1.66. The van der Waals surface area contributed by atoms with Gasteiger partial charge in [0.1, 0.15) is 6.04 Å². The number of carboxylic acid groups (broad SMARTS) is 1. The smallest absolute Gasteiger partial charge is 0.320 e. The number of rotatable bonds is 5. The van der Waals surface area contributed by atoms with E-state index in [9.17, 15) is 4.79 Å². The summed E-state index contributed by atoms with van der Waals surface area (Å²) in [5.41, 5.74) is 0.731. The second kappa shape index (κ2) is 5.32. The molecule has 0 bridgehead atoms. The Labute approximate surface area is 109 Å². The lowest BCUT2D eigenvalue weighted by molar-refractivity contribution is -0.142. The summed E-state index contributed by atoms with van der Waals surface area (Å²) in [5, 5.41) is 14.8. The van der Waals surface area contributed by atoms with Gasteiger partial charge in [-0.2, -0.15) is 0 Å². The molecule has 1 N–H and O–H groups in total. The number of aromatic nitrogens is 1. The van der Waals surface area contributed by atoms with Gasteiger partial charge < -0.3 is 9.63 Å². The molecule has 0 aromatic carbocycles. The van der Waals surface area contributed by atoms with E-state index in [2.05, 4.69) is 5.16 Å². The van der Waals surface area contributed by atoms with Gasteiger partial charge in [0, 0.05) is 12.6 Å². The number of carbonyl (C=O) groups is 1. The summed E-state index contributed by atoms with van der Waals surface area (Å²) >= 11 is 1.58. The zero-order chi connectivity index (χ0) is 13.1. The predicted molar refractivity (Wildman–Crippen MR) is 68.4 cm³/mol. The molecule has 1 unspecified atom stereocenters. The Morgan fingerprint density at radius 3 is 3.06 bits per heavy atom. The van der Waals surface area contributed by atoms with E-state index in [0.717, 1.165) is 16.3 Å². The summed E-state index contributed by atoms with van der Waals surface area (Å²) in [6, 6.07) is 5.20. The van der Waals surface area contributed by atoms with Crippen LogP contribution in [0.5, 0.6) is 0 Å². The Balaban J connectivity index is 2.05. The molecule has 1 atom stereocenters. The van der Waals surface area contributed by atoms with Crippen molar-refractivity contribution in [2.24, 2.45) is 0 Å². The first kappa shape index (κ1) is 12.8. The molecule has 2 heterocycles. The van der Waals surface area contributed by atoms with Crippen molar-refractivity contribution >= 4 is 17.3 Å². The summed E-state index contributed by atoms with van der Waals surface area (Å²) in [5.74, 6) is -0.129. The van der Waals surface area contributed by atoms with Crippen LogP contribution in [0.1, 0.15) is 12.6 Å². The quantitative estimate of drug-likeness (QED) is 0.899. The van der Waals surface area contributed by atoms with Crippen molar-refractivity contribution in [1.82, 2.24) is 10.1 Å². The summed E-state index contributed by atoms with van der Waals surface area (Å²) in [4.78, 5) is 13.6.